The van der Waals surface area contributed by atoms with Gasteiger partial charge in [0.05, 0.1) is 21.1 Å². The number of hydrogen-bond donors (Lipinski definition) is 0. The summed E-state index contributed by atoms with van der Waals surface area (Å²) in [5.41, 5.74) is 0.307. The number of aromatic nitrogens is 2. The molecule has 3 aromatic rings. The number of esters is 1. The molecule has 1 heterocycles. The van der Waals surface area contributed by atoms with E-state index in [0.29, 0.717) is 5.56 Å². The van der Waals surface area contributed by atoms with Crippen LogP contribution in [0.3, 0.4) is 0 Å². The van der Waals surface area contributed by atoms with Gasteiger partial charge < -0.3 is 9.15 Å². The monoisotopic (exact) mass is 437 g/mol. The number of non-ortho nitro benzene ring substituents is 1. The second kappa shape index (κ2) is 7.63. The van der Waals surface area contributed by atoms with E-state index in [2.05, 4.69) is 26.1 Å². The smallest absolute Gasteiger partial charge is 0.340 e. The maximum absolute atomic E-state index is 12.1. The van der Waals surface area contributed by atoms with Crippen LogP contribution < -0.4 is 0 Å². The lowest BCUT2D eigenvalue weighted by atomic mass is 10.2. The number of benzene rings is 2. The van der Waals surface area contributed by atoms with Crippen LogP contribution in [0.25, 0.3) is 11.5 Å². The highest BCUT2D eigenvalue weighted by Crippen LogP contribution is 2.27. The summed E-state index contributed by atoms with van der Waals surface area (Å²) in [5.74, 6) is -0.498. The van der Waals surface area contributed by atoms with Gasteiger partial charge >= 0.3 is 5.97 Å². The van der Waals surface area contributed by atoms with E-state index in [1.165, 1.54) is 12.1 Å². The van der Waals surface area contributed by atoms with Gasteiger partial charge in [0.15, 0.2) is 6.61 Å². The first-order valence-corrected chi connectivity index (χ1v) is 8.31. The summed E-state index contributed by atoms with van der Waals surface area (Å²) < 4.78 is 11.3. The van der Waals surface area contributed by atoms with Gasteiger partial charge in [0.1, 0.15) is 0 Å². The van der Waals surface area contributed by atoms with Gasteiger partial charge in [0.25, 0.3) is 11.6 Å². The summed E-state index contributed by atoms with van der Waals surface area (Å²) in [6, 6.07) is 10.8. The molecule has 1 aromatic heterocycles. The summed E-state index contributed by atoms with van der Waals surface area (Å²) in [6.07, 6.45) is 0. The van der Waals surface area contributed by atoms with Gasteiger partial charge in [-0.15, -0.1) is 10.2 Å². The highest BCUT2D eigenvalue weighted by molar-refractivity contribution is 9.10. The quantitative estimate of drug-likeness (QED) is 0.329. The molecule has 0 spiro atoms. The first kappa shape index (κ1) is 18.0. The second-order valence-corrected chi connectivity index (χ2v) is 6.24. The van der Waals surface area contributed by atoms with E-state index in [1.807, 2.05) is 18.2 Å². The van der Waals surface area contributed by atoms with Crippen molar-refractivity contribution in [3.8, 4) is 11.5 Å². The molecule has 0 atom stereocenters. The number of halogens is 2. The van der Waals surface area contributed by atoms with E-state index in [4.69, 9.17) is 20.8 Å². The zero-order valence-corrected chi connectivity index (χ0v) is 15.2. The molecule has 0 bridgehead atoms. The van der Waals surface area contributed by atoms with Crippen LogP contribution in [-0.4, -0.2) is 21.1 Å². The normalized spacial score (nSPS) is 10.5. The van der Waals surface area contributed by atoms with Crippen LogP contribution in [0.2, 0.25) is 5.02 Å². The summed E-state index contributed by atoms with van der Waals surface area (Å²) in [4.78, 5) is 22.3. The van der Waals surface area contributed by atoms with Crippen LogP contribution in [0, 0.1) is 10.1 Å². The van der Waals surface area contributed by atoms with Gasteiger partial charge in [-0.1, -0.05) is 23.7 Å². The number of nitrogens with zero attached hydrogens (tertiary/aromatic N) is 3. The number of carbonyl (C=O) groups excluding carboxylic acids is 1. The largest absolute Gasteiger partial charge is 0.452 e. The van der Waals surface area contributed by atoms with E-state index < -0.39 is 10.9 Å². The predicted molar refractivity (Wildman–Crippen MR) is 94.7 cm³/mol. The molecule has 0 fully saturated rings. The number of rotatable bonds is 5. The summed E-state index contributed by atoms with van der Waals surface area (Å²) >= 11 is 9.28. The van der Waals surface area contributed by atoms with E-state index in [9.17, 15) is 14.9 Å². The fraction of sp³-hybridized carbons (Fsp3) is 0.0625. The maximum atomic E-state index is 12.1. The lowest BCUT2D eigenvalue weighted by Gasteiger charge is -2.04. The van der Waals surface area contributed by atoms with Crippen molar-refractivity contribution in [2.24, 2.45) is 0 Å². The highest BCUT2D eigenvalue weighted by atomic mass is 79.9. The zero-order chi connectivity index (χ0) is 18.7. The maximum Gasteiger partial charge on any atom is 0.340 e. The molecule has 0 aliphatic rings. The molecule has 3 rings (SSSR count). The number of nitro groups is 1. The Morgan fingerprint density at radius 1 is 1.27 bits per heavy atom. The Kier molecular flexibility index (Phi) is 5.29. The molecule has 2 aromatic carbocycles. The van der Waals surface area contributed by atoms with Gasteiger partial charge in [0.2, 0.25) is 5.89 Å². The number of hydrogen-bond acceptors (Lipinski definition) is 7. The average molecular weight is 439 g/mol. The second-order valence-electron chi connectivity index (χ2n) is 4.98. The Bertz CT molecular complexity index is 992. The minimum atomic E-state index is -0.834. The molecule has 0 radical (unpaired) electrons. The molecule has 0 saturated heterocycles. The molecule has 10 heteroatoms. The number of carbonyl (C=O) groups is 1. The topological polar surface area (TPSA) is 108 Å². The first-order valence-electron chi connectivity index (χ1n) is 7.14. The van der Waals surface area contributed by atoms with E-state index in [-0.39, 0.29) is 34.7 Å². The Balaban J connectivity index is 1.72. The molecule has 0 N–H and O–H groups in total. The molecule has 0 aliphatic heterocycles. The third-order valence-corrected chi connectivity index (χ3v) is 4.30. The summed E-state index contributed by atoms with van der Waals surface area (Å²) in [6.45, 7) is -0.296. The Morgan fingerprint density at radius 3 is 2.77 bits per heavy atom. The first-order chi connectivity index (χ1) is 12.5. The summed E-state index contributed by atoms with van der Waals surface area (Å²) in [5, 5.41) is 18.6. The van der Waals surface area contributed by atoms with Crippen molar-refractivity contribution in [1.29, 1.82) is 0 Å². The fourth-order valence-corrected chi connectivity index (χ4v) is 2.69. The standard InChI is InChI=1S/C16H9BrClN3O5/c17-12-4-2-1-3-10(12)15-20-19-14(26-15)8-25-16(22)11-7-9(21(23)24)5-6-13(11)18/h1-7H,8H2. The van der Waals surface area contributed by atoms with Gasteiger partial charge in [0, 0.05) is 16.6 Å². The van der Waals surface area contributed by atoms with Crippen molar-refractivity contribution >= 4 is 39.2 Å². The van der Waals surface area contributed by atoms with Crippen molar-refractivity contribution in [3.63, 3.8) is 0 Å². The van der Waals surface area contributed by atoms with Crippen molar-refractivity contribution in [2.75, 3.05) is 0 Å². The van der Waals surface area contributed by atoms with Crippen molar-refractivity contribution in [2.45, 2.75) is 6.61 Å². The number of nitro benzene ring substituents is 1. The fourth-order valence-electron chi connectivity index (χ4n) is 2.04. The minimum Gasteiger partial charge on any atom is -0.452 e. The SMILES string of the molecule is O=C(OCc1nnc(-c2ccccc2Br)o1)c1cc([N+](=O)[O-])ccc1Cl. The molecule has 26 heavy (non-hydrogen) atoms. The van der Waals surface area contributed by atoms with Crippen molar-refractivity contribution in [3.05, 3.63) is 73.5 Å². The van der Waals surface area contributed by atoms with Gasteiger partial charge in [-0.3, -0.25) is 10.1 Å². The van der Waals surface area contributed by atoms with E-state index >= 15 is 0 Å². The van der Waals surface area contributed by atoms with Crippen LogP contribution in [0.15, 0.2) is 51.4 Å². The van der Waals surface area contributed by atoms with Crippen molar-refractivity contribution < 1.29 is 18.9 Å². The molecule has 132 valence electrons. The predicted octanol–water partition coefficient (Wildman–Crippen LogP) is 4.42. The molecule has 0 aliphatic carbocycles. The van der Waals surface area contributed by atoms with Gasteiger partial charge in [-0.25, -0.2) is 4.79 Å². The Morgan fingerprint density at radius 2 is 2.04 bits per heavy atom. The molecule has 0 unspecified atom stereocenters. The van der Waals surface area contributed by atoms with Crippen LogP contribution >= 0.6 is 27.5 Å². The van der Waals surface area contributed by atoms with Crippen LogP contribution in [-0.2, 0) is 11.3 Å². The van der Waals surface area contributed by atoms with Crippen molar-refractivity contribution in [1.82, 2.24) is 10.2 Å². The highest BCUT2D eigenvalue weighted by Gasteiger charge is 2.18. The molecular formula is C16H9BrClN3O5. The summed E-state index contributed by atoms with van der Waals surface area (Å²) in [7, 11) is 0. The Labute approximate surface area is 160 Å². The average Bonchev–Trinajstić information content (AvgIpc) is 3.09. The lowest BCUT2D eigenvalue weighted by molar-refractivity contribution is -0.384. The third kappa shape index (κ3) is 3.89. The molecule has 0 amide bonds. The van der Waals surface area contributed by atoms with E-state index in [0.717, 1.165) is 10.5 Å². The van der Waals surface area contributed by atoms with Gasteiger partial charge in [-0.05, 0) is 34.1 Å². The molecule has 8 nitrogen and oxygen atoms in total. The van der Waals surface area contributed by atoms with E-state index in [1.54, 1.807) is 6.07 Å². The zero-order valence-electron chi connectivity index (χ0n) is 12.9. The number of ether oxygens (including phenoxy) is 1. The van der Waals surface area contributed by atoms with Crippen LogP contribution in [0.1, 0.15) is 16.2 Å². The van der Waals surface area contributed by atoms with Crippen LogP contribution in [0.5, 0.6) is 0 Å². The molecule has 0 saturated carbocycles. The molecular weight excluding hydrogens is 430 g/mol. The minimum absolute atomic E-state index is 0.0417. The van der Waals surface area contributed by atoms with Gasteiger partial charge in [-0.2, -0.15) is 0 Å². The van der Waals surface area contributed by atoms with Crippen LogP contribution in [0.4, 0.5) is 5.69 Å². The Hall–Kier alpha value is -2.78. The third-order valence-electron chi connectivity index (χ3n) is 3.28. The lowest BCUT2D eigenvalue weighted by Crippen LogP contribution is -2.07.